The molecule has 0 aromatic rings. The molecule has 0 radical (unpaired) electrons. The number of rotatable bonds is 6. The van der Waals surface area contributed by atoms with Gasteiger partial charge in [0.15, 0.2) is 0 Å². The van der Waals surface area contributed by atoms with Crippen LogP contribution in [0, 0.1) is 5.92 Å². The van der Waals surface area contributed by atoms with Gasteiger partial charge in [0.05, 0.1) is 0 Å². The number of amides is 1. The Balaban J connectivity index is 2.02. The van der Waals surface area contributed by atoms with Crippen molar-refractivity contribution < 1.29 is 9.53 Å². The highest BCUT2D eigenvalue weighted by molar-refractivity contribution is 5.67. The van der Waals surface area contributed by atoms with Crippen molar-refractivity contribution in [2.75, 3.05) is 13.1 Å². The van der Waals surface area contributed by atoms with Crippen LogP contribution in [0.25, 0.3) is 0 Å². The summed E-state index contributed by atoms with van der Waals surface area (Å²) in [7, 11) is 0. The highest BCUT2D eigenvalue weighted by atomic mass is 16.6. The summed E-state index contributed by atoms with van der Waals surface area (Å²) >= 11 is 0. The van der Waals surface area contributed by atoms with E-state index in [1.165, 1.54) is 12.8 Å². The molecule has 0 bridgehead atoms. The van der Waals surface area contributed by atoms with Crippen molar-refractivity contribution in [2.45, 2.75) is 58.6 Å². The summed E-state index contributed by atoms with van der Waals surface area (Å²) in [6, 6.07) is 0.150. The zero-order valence-corrected chi connectivity index (χ0v) is 11.5. The molecule has 2 N–H and O–H groups in total. The van der Waals surface area contributed by atoms with Crippen LogP contribution in [0.3, 0.4) is 0 Å². The van der Waals surface area contributed by atoms with Crippen LogP contribution in [0.4, 0.5) is 4.79 Å². The van der Waals surface area contributed by atoms with Gasteiger partial charge in [0.1, 0.15) is 5.60 Å². The molecule has 1 rings (SSSR count). The number of carbonyl (C=O) groups is 1. The van der Waals surface area contributed by atoms with E-state index in [-0.39, 0.29) is 12.1 Å². The van der Waals surface area contributed by atoms with Crippen LogP contribution in [0.5, 0.6) is 0 Å². The van der Waals surface area contributed by atoms with Gasteiger partial charge in [-0.2, -0.15) is 0 Å². The van der Waals surface area contributed by atoms with E-state index < -0.39 is 5.60 Å². The van der Waals surface area contributed by atoms with Crippen molar-refractivity contribution in [2.24, 2.45) is 5.92 Å². The van der Waals surface area contributed by atoms with Gasteiger partial charge in [0, 0.05) is 6.04 Å². The van der Waals surface area contributed by atoms with E-state index in [0.29, 0.717) is 0 Å². The van der Waals surface area contributed by atoms with E-state index in [4.69, 9.17) is 4.74 Å². The fourth-order valence-corrected chi connectivity index (χ4v) is 1.53. The Kier molecular flexibility index (Phi) is 5.25. The normalized spacial score (nSPS) is 17.6. The van der Waals surface area contributed by atoms with Gasteiger partial charge >= 0.3 is 6.09 Å². The highest BCUT2D eigenvalue weighted by Gasteiger charge is 2.20. The molecule has 1 aliphatic carbocycles. The van der Waals surface area contributed by atoms with Gasteiger partial charge in [-0.05, 0) is 66.0 Å². The predicted octanol–water partition coefficient (Wildman–Crippen LogP) is 2.29. The second kappa shape index (κ2) is 6.24. The van der Waals surface area contributed by atoms with Crippen LogP contribution in [-0.2, 0) is 4.74 Å². The molecule has 1 atom stereocenters. The van der Waals surface area contributed by atoms with Gasteiger partial charge in [-0.15, -0.1) is 0 Å². The molecule has 4 heteroatoms. The quantitative estimate of drug-likeness (QED) is 0.703. The third-order valence-corrected chi connectivity index (χ3v) is 2.65. The number of carbonyl (C=O) groups excluding carboxylic acids is 1. The van der Waals surface area contributed by atoms with Crippen molar-refractivity contribution in [1.29, 1.82) is 0 Å². The molecule has 0 aromatic carbocycles. The Morgan fingerprint density at radius 1 is 1.41 bits per heavy atom. The average molecular weight is 242 g/mol. The van der Waals surface area contributed by atoms with Crippen LogP contribution in [0.2, 0.25) is 0 Å². The van der Waals surface area contributed by atoms with Crippen LogP contribution >= 0.6 is 0 Å². The van der Waals surface area contributed by atoms with Gasteiger partial charge in [-0.1, -0.05) is 0 Å². The van der Waals surface area contributed by atoms with Crippen molar-refractivity contribution >= 4 is 6.09 Å². The standard InChI is InChI=1S/C13H26N2O2/c1-10(7-8-14-9-11-5-6-11)15-12(16)17-13(2,3)4/h10-11,14H,5-9H2,1-4H3,(H,15,16)/t10-/m0/s1. The molecule has 100 valence electrons. The predicted molar refractivity (Wildman–Crippen MR) is 69.0 cm³/mol. The second-order valence-corrected chi connectivity index (χ2v) is 5.98. The maximum atomic E-state index is 11.5. The van der Waals surface area contributed by atoms with Crippen molar-refractivity contribution in [3.63, 3.8) is 0 Å². The van der Waals surface area contributed by atoms with E-state index in [9.17, 15) is 4.79 Å². The minimum atomic E-state index is -0.423. The monoisotopic (exact) mass is 242 g/mol. The lowest BCUT2D eigenvalue weighted by atomic mass is 10.2. The van der Waals surface area contributed by atoms with Gasteiger partial charge in [0.25, 0.3) is 0 Å². The van der Waals surface area contributed by atoms with Crippen LogP contribution in [0.1, 0.15) is 47.0 Å². The lowest BCUT2D eigenvalue weighted by Gasteiger charge is -2.22. The zero-order valence-electron chi connectivity index (χ0n) is 11.5. The minimum absolute atomic E-state index is 0.150. The molecular formula is C13H26N2O2. The molecule has 0 heterocycles. The summed E-state index contributed by atoms with van der Waals surface area (Å²) in [5, 5.41) is 6.25. The molecule has 1 saturated carbocycles. The van der Waals surface area contributed by atoms with Gasteiger partial charge in [0.2, 0.25) is 0 Å². The topological polar surface area (TPSA) is 50.4 Å². The zero-order chi connectivity index (χ0) is 12.9. The average Bonchev–Trinajstić information content (AvgIpc) is 2.92. The first-order valence-corrected chi connectivity index (χ1v) is 6.57. The fourth-order valence-electron chi connectivity index (χ4n) is 1.53. The smallest absolute Gasteiger partial charge is 0.407 e. The number of hydrogen-bond acceptors (Lipinski definition) is 3. The van der Waals surface area contributed by atoms with E-state index in [2.05, 4.69) is 10.6 Å². The van der Waals surface area contributed by atoms with Crippen molar-refractivity contribution in [1.82, 2.24) is 10.6 Å². The van der Waals surface area contributed by atoms with E-state index in [0.717, 1.165) is 25.4 Å². The molecule has 0 aliphatic heterocycles. The molecule has 0 saturated heterocycles. The summed E-state index contributed by atoms with van der Waals surface area (Å²) in [5.41, 5.74) is -0.423. The molecule has 0 spiro atoms. The number of alkyl carbamates (subject to hydrolysis) is 1. The molecule has 4 nitrogen and oxygen atoms in total. The van der Waals surface area contributed by atoms with E-state index in [1.54, 1.807) is 0 Å². The van der Waals surface area contributed by atoms with E-state index >= 15 is 0 Å². The van der Waals surface area contributed by atoms with Gasteiger partial charge < -0.3 is 15.4 Å². The summed E-state index contributed by atoms with van der Waals surface area (Å²) in [6.45, 7) is 9.69. The van der Waals surface area contributed by atoms with E-state index in [1.807, 2.05) is 27.7 Å². The number of ether oxygens (including phenoxy) is 1. The Morgan fingerprint density at radius 2 is 2.06 bits per heavy atom. The first-order valence-electron chi connectivity index (χ1n) is 6.57. The first-order chi connectivity index (χ1) is 7.87. The number of hydrogen-bond donors (Lipinski definition) is 2. The molecule has 17 heavy (non-hydrogen) atoms. The highest BCUT2D eigenvalue weighted by Crippen LogP contribution is 2.27. The first kappa shape index (κ1) is 14.3. The summed E-state index contributed by atoms with van der Waals surface area (Å²) < 4.78 is 5.19. The van der Waals surface area contributed by atoms with Crippen LogP contribution in [0.15, 0.2) is 0 Å². The Morgan fingerprint density at radius 3 is 2.59 bits per heavy atom. The largest absolute Gasteiger partial charge is 0.444 e. The minimum Gasteiger partial charge on any atom is -0.444 e. The Bertz CT molecular complexity index is 244. The second-order valence-electron chi connectivity index (χ2n) is 5.98. The number of nitrogens with one attached hydrogen (secondary N) is 2. The summed E-state index contributed by atoms with van der Waals surface area (Å²) in [5.74, 6) is 0.907. The maximum Gasteiger partial charge on any atom is 0.407 e. The maximum absolute atomic E-state index is 11.5. The van der Waals surface area contributed by atoms with Crippen LogP contribution < -0.4 is 10.6 Å². The Hall–Kier alpha value is -0.770. The molecule has 1 amide bonds. The molecule has 0 unspecified atom stereocenters. The van der Waals surface area contributed by atoms with Crippen LogP contribution in [-0.4, -0.2) is 30.8 Å². The van der Waals surface area contributed by atoms with Gasteiger partial charge in [-0.25, -0.2) is 4.79 Å². The molecule has 1 aliphatic rings. The lowest BCUT2D eigenvalue weighted by molar-refractivity contribution is 0.0506. The SMILES string of the molecule is C[C@@H](CCNCC1CC1)NC(=O)OC(C)(C)C. The van der Waals surface area contributed by atoms with Crippen molar-refractivity contribution in [3.8, 4) is 0 Å². The molecular weight excluding hydrogens is 216 g/mol. The third-order valence-electron chi connectivity index (χ3n) is 2.65. The lowest BCUT2D eigenvalue weighted by Crippen LogP contribution is -2.39. The summed E-state index contributed by atoms with van der Waals surface area (Å²) in [4.78, 5) is 11.5. The van der Waals surface area contributed by atoms with Crippen molar-refractivity contribution in [3.05, 3.63) is 0 Å². The molecule has 1 fully saturated rings. The fraction of sp³-hybridized carbons (Fsp3) is 0.923. The van der Waals surface area contributed by atoms with Gasteiger partial charge in [-0.3, -0.25) is 0 Å². The third kappa shape index (κ3) is 8.02. The Labute approximate surface area is 104 Å². The summed E-state index contributed by atoms with van der Waals surface area (Å²) in [6.07, 6.45) is 3.36. The molecule has 0 aromatic heterocycles.